The lowest BCUT2D eigenvalue weighted by Gasteiger charge is -1.98. The summed E-state index contributed by atoms with van der Waals surface area (Å²) in [6.45, 7) is -1.02. The predicted octanol–water partition coefficient (Wildman–Crippen LogP) is 1.14. The van der Waals surface area contributed by atoms with Crippen LogP contribution < -0.4 is 0 Å². The molecule has 0 atom stereocenters. The van der Waals surface area contributed by atoms with Gasteiger partial charge in [0.1, 0.15) is 12.9 Å². The lowest BCUT2D eigenvalue weighted by atomic mass is 10.4. The zero-order valence-electron chi connectivity index (χ0n) is 6.81. The summed E-state index contributed by atoms with van der Waals surface area (Å²) in [6.07, 6.45) is 0.866. The molecule has 0 aliphatic rings. The van der Waals surface area contributed by atoms with E-state index in [1.54, 1.807) is 0 Å². The fourth-order valence-electron chi connectivity index (χ4n) is 0.961. The fraction of sp³-hybridized carbons (Fsp3) is 0.333. The van der Waals surface area contributed by atoms with Gasteiger partial charge in [0.2, 0.25) is 0 Å². The number of nitrogens with zero attached hydrogens (tertiary/aromatic N) is 3. The van der Waals surface area contributed by atoms with Gasteiger partial charge in [0, 0.05) is 0 Å². The Labute approximate surface area is 82.4 Å². The molecule has 0 amide bonds. The highest BCUT2D eigenvalue weighted by Crippen LogP contribution is 2.19. The number of aryl methyl sites for hydroxylation is 1. The predicted molar refractivity (Wildman–Crippen MR) is 45.0 cm³/mol. The van der Waals surface area contributed by atoms with Crippen LogP contribution in [0.5, 0.6) is 0 Å². The average Bonchev–Trinajstić information content (AvgIpc) is 2.48. The largest absolute Gasteiger partial charge is 0.319 e. The minimum absolute atomic E-state index is 0.234. The summed E-state index contributed by atoms with van der Waals surface area (Å²) in [4.78, 5) is 20.4. The summed E-state index contributed by atoms with van der Waals surface area (Å²) in [6, 6.07) is 0. The number of alkyl halides is 1. The summed E-state index contributed by atoms with van der Waals surface area (Å²) < 4.78 is 12.8. The van der Waals surface area contributed by atoms with E-state index in [9.17, 15) is 19.3 Å². The van der Waals surface area contributed by atoms with E-state index in [2.05, 4.69) is 5.10 Å². The first kappa shape index (κ1) is 10.6. The molecular formula is C6H5ClFN3O3. The first-order chi connectivity index (χ1) is 6.57. The molecule has 0 saturated heterocycles. The Bertz CT molecular complexity index is 378. The Kier molecular flexibility index (Phi) is 3.13. The van der Waals surface area contributed by atoms with Gasteiger partial charge in [-0.15, -0.1) is 0 Å². The van der Waals surface area contributed by atoms with Gasteiger partial charge in [0.25, 0.3) is 5.24 Å². The van der Waals surface area contributed by atoms with Crippen LogP contribution in [0.15, 0.2) is 6.20 Å². The topological polar surface area (TPSA) is 78.0 Å². The monoisotopic (exact) mass is 221 g/mol. The average molecular weight is 222 g/mol. The first-order valence-electron chi connectivity index (χ1n) is 3.54. The summed E-state index contributed by atoms with van der Waals surface area (Å²) in [5, 5.41) is 12.8. The van der Waals surface area contributed by atoms with Crippen molar-refractivity contribution in [3.05, 3.63) is 22.0 Å². The van der Waals surface area contributed by atoms with Crippen LogP contribution in [0.3, 0.4) is 0 Å². The number of halogens is 2. The Balaban J connectivity index is 3.20. The molecule has 0 saturated carbocycles. The highest BCUT2D eigenvalue weighted by Gasteiger charge is 2.25. The second-order valence-electron chi connectivity index (χ2n) is 2.32. The molecule has 76 valence electrons. The summed E-state index contributed by atoms with van der Waals surface area (Å²) in [5.41, 5.74) is -0.909. The second kappa shape index (κ2) is 4.14. The Hall–Kier alpha value is -1.50. The van der Waals surface area contributed by atoms with Crippen LogP contribution in [-0.4, -0.2) is 26.6 Å². The van der Waals surface area contributed by atoms with Crippen LogP contribution in [0.25, 0.3) is 0 Å². The maximum absolute atomic E-state index is 11.9. The highest BCUT2D eigenvalue weighted by atomic mass is 35.5. The van der Waals surface area contributed by atoms with Crippen molar-refractivity contribution in [1.82, 2.24) is 9.78 Å². The van der Waals surface area contributed by atoms with E-state index >= 15 is 0 Å². The number of carbonyl (C=O) groups excluding carboxylic acids is 1. The number of nitro groups is 1. The summed E-state index contributed by atoms with van der Waals surface area (Å²) >= 11 is 5.11. The van der Waals surface area contributed by atoms with Crippen molar-refractivity contribution >= 4 is 22.5 Å². The molecule has 14 heavy (non-hydrogen) atoms. The smallest absolute Gasteiger partial charge is 0.274 e. The molecule has 0 aromatic carbocycles. The van der Waals surface area contributed by atoms with E-state index in [1.807, 2.05) is 0 Å². The van der Waals surface area contributed by atoms with Crippen LogP contribution in [0, 0.1) is 10.1 Å². The molecule has 0 N–H and O–H groups in total. The van der Waals surface area contributed by atoms with Crippen LogP contribution in [0.4, 0.5) is 10.1 Å². The number of hydrogen-bond acceptors (Lipinski definition) is 4. The molecule has 0 radical (unpaired) electrons. The van der Waals surface area contributed by atoms with Crippen LogP contribution in [0.2, 0.25) is 0 Å². The van der Waals surface area contributed by atoms with Gasteiger partial charge in [-0.3, -0.25) is 19.6 Å². The minimum atomic E-state index is -1.03. The van der Waals surface area contributed by atoms with E-state index in [0.29, 0.717) is 0 Å². The third-order valence-corrected chi connectivity index (χ3v) is 1.68. The molecule has 0 fully saturated rings. The van der Waals surface area contributed by atoms with Gasteiger partial charge in [-0.25, -0.2) is 4.39 Å². The Morgan fingerprint density at radius 3 is 2.86 bits per heavy atom. The van der Waals surface area contributed by atoms with E-state index in [4.69, 9.17) is 11.6 Å². The van der Waals surface area contributed by atoms with Crippen molar-refractivity contribution in [2.45, 2.75) is 6.54 Å². The highest BCUT2D eigenvalue weighted by molar-refractivity contribution is 6.67. The SMILES string of the molecule is O=C(Cl)c1c([N+](=O)[O-])cnn1CCF. The Morgan fingerprint density at radius 1 is 1.79 bits per heavy atom. The standard InChI is InChI=1S/C6H5ClFN3O3/c7-6(12)5-4(11(13)14)3-9-10(5)2-1-8/h3H,1-2H2. The molecule has 1 aromatic heterocycles. The second-order valence-corrected chi connectivity index (χ2v) is 2.66. The van der Waals surface area contributed by atoms with Crippen LogP contribution in [0.1, 0.15) is 10.5 Å². The van der Waals surface area contributed by atoms with Crippen LogP contribution >= 0.6 is 11.6 Å². The normalized spacial score (nSPS) is 10.1. The minimum Gasteiger partial charge on any atom is -0.274 e. The zero-order chi connectivity index (χ0) is 10.7. The van der Waals surface area contributed by atoms with Crippen molar-refractivity contribution in [2.24, 2.45) is 0 Å². The number of hydrogen-bond donors (Lipinski definition) is 0. The lowest BCUT2D eigenvalue weighted by Crippen LogP contribution is -2.09. The van der Waals surface area contributed by atoms with Gasteiger partial charge < -0.3 is 0 Å². The van der Waals surface area contributed by atoms with Gasteiger partial charge in [-0.2, -0.15) is 5.10 Å². The van der Waals surface area contributed by atoms with Crippen LogP contribution in [-0.2, 0) is 6.54 Å². The third kappa shape index (κ3) is 1.87. The van der Waals surface area contributed by atoms with Crippen molar-refractivity contribution in [3.8, 4) is 0 Å². The van der Waals surface area contributed by atoms with E-state index in [1.165, 1.54) is 0 Å². The number of rotatable bonds is 4. The van der Waals surface area contributed by atoms with Gasteiger partial charge in [-0.1, -0.05) is 0 Å². The molecule has 1 rings (SSSR count). The van der Waals surface area contributed by atoms with Gasteiger partial charge in [0.15, 0.2) is 5.69 Å². The maximum Gasteiger partial charge on any atom is 0.319 e. The first-order valence-corrected chi connectivity index (χ1v) is 3.91. The van der Waals surface area contributed by atoms with Gasteiger partial charge in [0.05, 0.1) is 11.5 Å². The summed E-state index contributed by atoms with van der Waals surface area (Å²) in [5.74, 6) is 0. The molecule has 1 heterocycles. The molecule has 0 bridgehead atoms. The third-order valence-electron chi connectivity index (χ3n) is 1.50. The molecule has 1 aromatic rings. The molecule has 6 nitrogen and oxygen atoms in total. The number of aromatic nitrogens is 2. The number of carbonyl (C=O) groups is 1. The molecule has 8 heteroatoms. The van der Waals surface area contributed by atoms with E-state index in [0.717, 1.165) is 10.9 Å². The fourth-order valence-corrected chi connectivity index (χ4v) is 1.16. The molecule has 0 spiro atoms. The van der Waals surface area contributed by atoms with Crippen molar-refractivity contribution in [3.63, 3.8) is 0 Å². The molecule has 0 unspecified atom stereocenters. The van der Waals surface area contributed by atoms with Crippen molar-refractivity contribution < 1.29 is 14.1 Å². The quantitative estimate of drug-likeness (QED) is 0.434. The molecular weight excluding hydrogens is 217 g/mol. The maximum atomic E-state index is 11.9. The van der Waals surface area contributed by atoms with E-state index < -0.39 is 28.2 Å². The summed E-state index contributed by atoms with van der Waals surface area (Å²) in [7, 11) is 0. The van der Waals surface area contributed by atoms with Gasteiger partial charge >= 0.3 is 5.69 Å². The zero-order valence-corrected chi connectivity index (χ0v) is 7.57. The van der Waals surface area contributed by atoms with E-state index in [-0.39, 0.29) is 6.54 Å². The molecule has 0 aliphatic carbocycles. The van der Waals surface area contributed by atoms with Crippen molar-refractivity contribution in [2.75, 3.05) is 6.67 Å². The molecule has 0 aliphatic heterocycles. The Morgan fingerprint density at radius 2 is 2.43 bits per heavy atom. The van der Waals surface area contributed by atoms with Gasteiger partial charge in [-0.05, 0) is 11.6 Å². The van der Waals surface area contributed by atoms with Crippen molar-refractivity contribution in [1.29, 1.82) is 0 Å². The lowest BCUT2D eigenvalue weighted by molar-refractivity contribution is -0.385.